The molecule has 2 rings (SSSR count). The zero-order chi connectivity index (χ0) is 20.0. The first-order valence-electron chi connectivity index (χ1n) is 8.04. The highest BCUT2D eigenvalue weighted by Crippen LogP contribution is 2.25. The molecule has 0 aliphatic carbocycles. The van der Waals surface area contributed by atoms with Crippen LogP contribution in [0.5, 0.6) is 0 Å². The topological polar surface area (TPSA) is 94.1 Å². The Morgan fingerprint density at radius 2 is 2.19 bits per heavy atom. The number of esters is 1. The van der Waals surface area contributed by atoms with Crippen LogP contribution in [0.3, 0.4) is 0 Å². The minimum Gasteiger partial charge on any atom is -0.461 e. The molecule has 7 nitrogen and oxygen atoms in total. The molecule has 0 atom stereocenters. The summed E-state index contributed by atoms with van der Waals surface area (Å²) in [6.45, 7) is 9.53. The van der Waals surface area contributed by atoms with Gasteiger partial charge in [-0.1, -0.05) is 54.6 Å². The van der Waals surface area contributed by atoms with Gasteiger partial charge in [0.05, 0.1) is 23.5 Å². The standard InChI is InChI=1S/C17H19ClN4O3S2/c1-5-6-26-16-19-7-11(18)12(21-16)14(23)22-17-20-10(4)13(27-17)15(24)25-8-9(2)3/h5,7,9H,1,6,8H2,2-4H3,(H,20,22,23). The Kier molecular flexibility index (Phi) is 7.76. The van der Waals surface area contributed by atoms with E-state index in [0.717, 1.165) is 11.3 Å². The maximum absolute atomic E-state index is 12.5. The number of aromatic nitrogens is 3. The molecule has 0 aromatic carbocycles. The molecule has 10 heteroatoms. The summed E-state index contributed by atoms with van der Waals surface area (Å²) in [5.41, 5.74) is 0.523. The molecular weight excluding hydrogens is 408 g/mol. The van der Waals surface area contributed by atoms with Crippen molar-refractivity contribution in [3.63, 3.8) is 0 Å². The van der Waals surface area contributed by atoms with Gasteiger partial charge in [-0.15, -0.1) is 6.58 Å². The normalized spacial score (nSPS) is 10.7. The largest absolute Gasteiger partial charge is 0.461 e. The highest BCUT2D eigenvalue weighted by atomic mass is 35.5. The number of rotatable bonds is 8. The molecule has 0 radical (unpaired) electrons. The number of halogens is 1. The van der Waals surface area contributed by atoms with E-state index >= 15 is 0 Å². The molecule has 2 aromatic rings. The smallest absolute Gasteiger partial charge is 0.350 e. The van der Waals surface area contributed by atoms with Crippen molar-refractivity contribution >= 4 is 51.7 Å². The molecule has 0 aliphatic rings. The third-order valence-electron chi connectivity index (χ3n) is 3.02. The monoisotopic (exact) mass is 426 g/mol. The molecule has 2 aromatic heterocycles. The molecule has 0 unspecified atom stereocenters. The van der Waals surface area contributed by atoms with Crippen molar-refractivity contribution in [2.45, 2.75) is 25.9 Å². The Balaban J connectivity index is 2.13. The van der Waals surface area contributed by atoms with E-state index in [1.165, 1.54) is 18.0 Å². The number of nitrogens with zero attached hydrogens (tertiary/aromatic N) is 3. The second-order valence-electron chi connectivity index (χ2n) is 5.83. The highest BCUT2D eigenvalue weighted by molar-refractivity contribution is 7.99. The van der Waals surface area contributed by atoms with Crippen LogP contribution >= 0.6 is 34.7 Å². The quantitative estimate of drug-likeness (QED) is 0.292. The number of thiazole rings is 1. The average Bonchev–Trinajstić information content (AvgIpc) is 2.99. The van der Waals surface area contributed by atoms with E-state index in [2.05, 4.69) is 26.8 Å². The number of nitrogens with one attached hydrogen (secondary N) is 1. The number of carbonyl (C=O) groups is 2. The van der Waals surface area contributed by atoms with Gasteiger partial charge in [0.2, 0.25) is 0 Å². The fourth-order valence-electron chi connectivity index (χ4n) is 1.82. The van der Waals surface area contributed by atoms with Crippen LogP contribution in [0.4, 0.5) is 5.13 Å². The summed E-state index contributed by atoms with van der Waals surface area (Å²) in [6, 6.07) is 0. The third kappa shape index (κ3) is 6.02. The molecule has 0 fully saturated rings. The number of ether oxygens (including phenoxy) is 1. The third-order valence-corrected chi connectivity index (χ3v) is 5.20. The Morgan fingerprint density at radius 1 is 1.44 bits per heavy atom. The van der Waals surface area contributed by atoms with E-state index in [-0.39, 0.29) is 21.8 Å². The lowest BCUT2D eigenvalue weighted by Gasteiger charge is -2.05. The lowest BCUT2D eigenvalue weighted by molar-refractivity contribution is 0.0463. The molecule has 144 valence electrons. The molecule has 1 N–H and O–H groups in total. The first kappa shape index (κ1) is 21.3. The Labute approximate surface area is 170 Å². The Bertz CT molecular complexity index is 855. The maximum atomic E-state index is 12.5. The molecule has 0 aliphatic heterocycles. The van der Waals surface area contributed by atoms with Crippen LogP contribution in [-0.4, -0.2) is 39.2 Å². The second-order valence-corrected chi connectivity index (χ2v) is 8.22. The number of carbonyl (C=O) groups excluding carboxylic acids is 2. The first-order valence-corrected chi connectivity index (χ1v) is 10.2. The molecule has 0 saturated carbocycles. The first-order chi connectivity index (χ1) is 12.8. The van der Waals surface area contributed by atoms with Gasteiger partial charge < -0.3 is 4.74 Å². The van der Waals surface area contributed by atoms with Gasteiger partial charge in [0.15, 0.2) is 16.0 Å². The number of hydrogen-bond acceptors (Lipinski definition) is 8. The summed E-state index contributed by atoms with van der Waals surface area (Å²) < 4.78 is 5.21. The van der Waals surface area contributed by atoms with Crippen LogP contribution in [0.15, 0.2) is 24.0 Å². The zero-order valence-electron chi connectivity index (χ0n) is 15.1. The molecular formula is C17H19ClN4O3S2. The minimum atomic E-state index is -0.529. The van der Waals surface area contributed by atoms with Gasteiger partial charge in [0.25, 0.3) is 5.91 Å². The summed E-state index contributed by atoms with van der Waals surface area (Å²) in [4.78, 5) is 37.4. The van der Waals surface area contributed by atoms with E-state index in [9.17, 15) is 9.59 Å². The Hall–Kier alpha value is -1.97. The van der Waals surface area contributed by atoms with Gasteiger partial charge in [-0.25, -0.2) is 19.7 Å². The number of amides is 1. The van der Waals surface area contributed by atoms with Crippen molar-refractivity contribution in [2.24, 2.45) is 5.92 Å². The maximum Gasteiger partial charge on any atom is 0.350 e. The van der Waals surface area contributed by atoms with Crippen molar-refractivity contribution < 1.29 is 14.3 Å². The summed E-state index contributed by atoms with van der Waals surface area (Å²) in [7, 11) is 0. The average molecular weight is 427 g/mol. The van der Waals surface area contributed by atoms with Crippen LogP contribution < -0.4 is 5.32 Å². The van der Waals surface area contributed by atoms with Crippen LogP contribution in [0, 0.1) is 12.8 Å². The fourth-order valence-corrected chi connectivity index (χ4v) is 3.40. The van der Waals surface area contributed by atoms with Gasteiger partial charge in [0, 0.05) is 5.75 Å². The van der Waals surface area contributed by atoms with E-state index in [4.69, 9.17) is 16.3 Å². The molecule has 27 heavy (non-hydrogen) atoms. The zero-order valence-corrected chi connectivity index (χ0v) is 17.5. The van der Waals surface area contributed by atoms with Gasteiger partial charge in [-0.3, -0.25) is 10.1 Å². The van der Waals surface area contributed by atoms with Crippen LogP contribution in [0.25, 0.3) is 0 Å². The van der Waals surface area contributed by atoms with Crippen molar-refractivity contribution in [3.05, 3.63) is 40.1 Å². The van der Waals surface area contributed by atoms with Gasteiger partial charge >= 0.3 is 5.97 Å². The Morgan fingerprint density at radius 3 is 2.85 bits per heavy atom. The van der Waals surface area contributed by atoms with Gasteiger partial charge in [-0.2, -0.15) is 0 Å². The van der Waals surface area contributed by atoms with Crippen LogP contribution in [0.1, 0.15) is 39.7 Å². The summed E-state index contributed by atoms with van der Waals surface area (Å²) in [5.74, 6) is -0.147. The summed E-state index contributed by atoms with van der Waals surface area (Å²) in [6.07, 6.45) is 3.08. The lowest BCUT2D eigenvalue weighted by Crippen LogP contribution is -2.15. The van der Waals surface area contributed by atoms with Crippen molar-refractivity contribution in [3.8, 4) is 0 Å². The van der Waals surface area contributed by atoms with E-state index < -0.39 is 11.9 Å². The van der Waals surface area contributed by atoms with Crippen molar-refractivity contribution in [1.29, 1.82) is 0 Å². The van der Waals surface area contributed by atoms with Crippen LogP contribution in [-0.2, 0) is 4.74 Å². The predicted octanol–water partition coefficient (Wildman–Crippen LogP) is 4.24. The molecule has 0 saturated heterocycles. The van der Waals surface area contributed by atoms with Crippen molar-refractivity contribution in [2.75, 3.05) is 17.7 Å². The number of hydrogen-bond donors (Lipinski definition) is 1. The number of anilines is 1. The number of aryl methyl sites for hydroxylation is 1. The summed E-state index contributed by atoms with van der Waals surface area (Å²) in [5, 5.41) is 3.43. The lowest BCUT2D eigenvalue weighted by atomic mass is 10.2. The predicted molar refractivity (Wildman–Crippen MR) is 108 cm³/mol. The molecule has 0 bridgehead atoms. The van der Waals surface area contributed by atoms with Crippen molar-refractivity contribution in [1.82, 2.24) is 15.0 Å². The number of thioether (sulfide) groups is 1. The van der Waals surface area contributed by atoms with Gasteiger partial charge in [-0.05, 0) is 12.8 Å². The minimum absolute atomic E-state index is 0.0371. The fraction of sp³-hybridized carbons (Fsp3) is 0.353. The molecule has 0 spiro atoms. The summed E-state index contributed by atoms with van der Waals surface area (Å²) >= 11 is 8.42. The SMILES string of the molecule is C=CCSc1ncc(Cl)c(C(=O)Nc2nc(C)c(C(=O)OCC(C)C)s2)n1. The van der Waals surface area contributed by atoms with Gasteiger partial charge in [0.1, 0.15) is 4.88 Å². The van der Waals surface area contributed by atoms with E-state index in [0.29, 0.717) is 28.1 Å². The molecule has 2 heterocycles. The van der Waals surface area contributed by atoms with E-state index in [1.807, 2.05) is 13.8 Å². The van der Waals surface area contributed by atoms with E-state index in [1.54, 1.807) is 13.0 Å². The second kappa shape index (κ2) is 9.82. The molecule has 1 amide bonds. The highest BCUT2D eigenvalue weighted by Gasteiger charge is 2.20. The van der Waals surface area contributed by atoms with Crippen LogP contribution in [0.2, 0.25) is 5.02 Å².